The molecular weight excluding hydrogens is 218 g/mol. The Morgan fingerprint density at radius 1 is 1.17 bits per heavy atom. The lowest BCUT2D eigenvalue weighted by molar-refractivity contribution is -0.912. The molecule has 0 aromatic heterocycles. The van der Waals surface area contributed by atoms with Crippen molar-refractivity contribution in [1.29, 1.82) is 0 Å². The molecule has 1 rings (SSSR count). The van der Waals surface area contributed by atoms with Crippen LogP contribution in [0.3, 0.4) is 0 Å². The maximum atomic E-state index is 3.85. The van der Waals surface area contributed by atoms with Crippen LogP contribution in [0.25, 0.3) is 0 Å². The molecule has 0 atom stereocenters. The third-order valence-electron chi connectivity index (χ3n) is 3.56. The van der Waals surface area contributed by atoms with E-state index in [4.69, 9.17) is 0 Å². The van der Waals surface area contributed by atoms with Crippen LogP contribution in [0.2, 0.25) is 0 Å². The Morgan fingerprint density at radius 2 is 1.78 bits per heavy atom. The number of aryl methyl sites for hydroxylation is 1. The smallest absolute Gasteiger partial charge is 0.141 e. The zero-order valence-electron chi connectivity index (χ0n) is 11.9. The maximum Gasteiger partial charge on any atom is 0.141 e. The van der Waals surface area contributed by atoms with Crippen molar-refractivity contribution in [1.82, 2.24) is 0 Å². The van der Waals surface area contributed by atoms with E-state index in [-0.39, 0.29) is 0 Å². The van der Waals surface area contributed by atoms with E-state index < -0.39 is 0 Å². The molecule has 0 N–H and O–H groups in total. The van der Waals surface area contributed by atoms with Crippen molar-refractivity contribution in [3.8, 4) is 11.8 Å². The van der Waals surface area contributed by atoms with Gasteiger partial charge in [0.15, 0.2) is 0 Å². The summed E-state index contributed by atoms with van der Waals surface area (Å²) >= 11 is 0. The highest BCUT2D eigenvalue weighted by molar-refractivity contribution is 5.35. The van der Waals surface area contributed by atoms with Crippen molar-refractivity contribution in [2.45, 2.75) is 20.8 Å². The van der Waals surface area contributed by atoms with Gasteiger partial charge in [-0.25, -0.2) is 0 Å². The van der Waals surface area contributed by atoms with Gasteiger partial charge in [0.25, 0.3) is 0 Å². The van der Waals surface area contributed by atoms with Crippen molar-refractivity contribution in [3.05, 3.63) is 48.0 Å². The molecule has 0 saturated carbocycles. The molecule has 0 aliphatic carbocycles. The van der Waals surface area contributed by atoms with E-state index in [0.717, 1.165) is 36.2 Å². The van der Waals surface area contributed by atoms with E-state index in [2.05, 4.69) is 63.5 Å². The highest BCUT2D eigenvalue weighted by atomic mass is 15.3. The average molecular weight is 242 g/mol. The van der Waals surface area contributed by atoms with Gasteiger partial charge in [-0.1, -0.05) is 30.2 Å². The summed E-state index contributed by atoms with van der Waals surface area (Å²) in [7, 11) is 0. The van der Waals surface area contributed by atoms with Gasteiger partial charge in [-0.2, -0.15) is 0 Å². The molecule has 1 nitrogen and oxygen atoms in total. The molecular formula is C17H24N+. The fourth-order valence-electron chi connectivity index (χ4n) is 1.99. The zero-order chi connectivity index (χ0) is 13.4. The van der Waals surface area contributed by atoms with Gasteiger partial charge in [-0.3, -0.25) is 0 Å². The first kappa shape index (κ1) is 14.5. The largest absolute Gasteiger partial charge is 0.311 e. The monoisotopic (exact) mass is 242 g/mol. The first-order chi connectivity index (χ1) is 8.65. The van der Waals surface area contributed by atoms with Gasteiger partial charge < -0.3 is 4.48 Å². The van der Waals surface area contributed by atoms with Crippen LogP contribution in [-0.4, -0.2) is 30.7 Å². The predicted molar refractivity (Wildman–Crippen MR) is 79.3 cm³/mol. The molecule has 18 heavy (non-hydrogen) atoms. The predicted octanol–water partition coefficient (Wildman–Crippen LogP) is 3.39. The summed E-state index contributed by atoms with van der Waals surface area (Å²) in [5.74, 6) is 6.58. The fraction of sp³-hybridized carbons (Fsp3) is 0.412. The van der Waals surface area contributed by atoms with Crippen molar-refractivity contribution in [2.75, 3.05) is 26.2 Å². The summed E-state index contributed by atoms with van der Waals surface area (Å²) in [6, 6.07) is 8.38. The second-order valence-electron chi connectivity index (χ2n) is 4.77. The van der Waals surface area contributed by atoms with Gasteiger partial charge >= 0.3 is 0 Å². The van der Waals surface area contributed by atoms with Gasteiger partial charge in [-0.15, -0.1) is 0 Å². The molecule has 96 valence electrons. The number of likely N-dealkylation sites (N-methyl/N-ethyl adjacent to an activating group) is 1. The van der Waals surface area contributed by atoms with Crippen molar-refractivity contribution in [3.63, 3.8) is 0 Å². The Labute approximate surface area is 112 Å². The van der Waals surface area contributed by atoms with Crippen LogP contribution in [0.15, 0.2) is 36.9 Å². The lowest BCUT2D eigenvalue weighted by atomic mass is 10.1. The highest BCUT2D eigenvalue weighted by Gasteiger charge is 2.19. The lowest BCUT2D eigenvalue weighted by Crippen LogP contribution is -2.48. The molecule has 0 spiro atoms. The summed E-state index contributed by atoms with van der Waals surface area (Å²) in [5, 5.41) is 0. The molecule has 0 saturated heterocycles. The molecule has 0 unspecified atom stereocenters. The minimum absolute atomic E-state index is 0.896. The van der Waals surface area contributed by atoms with E-state index in [1.165, 1.54) is 5.56 Å². The number of hydrogen-bond donors (Lipinski definition) is 0. The zero-order valence-corrected chi connectivity index (χ0v) is 11.9. The van der Waals surface area contributed by atoms with E-state index in [1.54, 1.807) is 0 Å². The third kappa shape index (κ3) is 4.05. The van der Waals surface area contributed by atoms with Crippen molar-refractivity contribution < 1.29 is 4.48 Å². The number of rotatable bonds is 5. The summed E-state index contributed by atoms with van der Waals surface area (Å²) < 4.78 is 1.00. The number of hydrogen-bond acceptors (Lipinski definition) is 0. The Balaban J connectivity index is 2.73. The van der Waals surface area contributed by atoms with Crippen molar-refractivity contribution in [2.24, 2.45) is 0 Å². The van der Waals surface area contributed by atoms with Crippen LogP contribution in [0, 0.1) is 18.8 Å². The standard InChI is InChI=1S/C17H24N/c1-5-14-18(6-2,7-3)15-8-9-17-12-10-16(4)11-13-17/h5,10-13H,1,6-7,14-15H2,2-4H3/q+1. The van der Waals surface area contributed by atoms with Gasteiger partial charge in [0.1, 0.15) is 6.54 Å². The van der Waals surface area contributed by atoms with E-state index in [0.29, 0.717) is 0 Å². The van der Waals surface area contributed by atoms with Gasteiger partial charge in [-0.05, 0) is 44.9 Å². The average Bonchev–Trinajstić information content (AvgIpc) is 2.40. The van der Waals surface area contributed by atoms with E-state index in [1.807, 2.05) is 6.08 Å². The molecule has 0 aliphatic heterocycles. The molecule has 1 aromatic carbocycles. The van der Waals surface area contributed by atoms with Crippen LogP contribution in [-0.2, 0) is 0 Å². The fourth-order valence-corrected chi connectivity index (χ4v) is 1.99. The molecule has 0 amide bonds. The summed E-state index contributed by atoms with van der Waals surface area (Å²) in [4.78, 5) is 0. The summed E-state index contributed by atoms with van der Waals surface area (Å²) in [6.07, 6.45) is 2.00. The van der Waals surface area contributed by atoms with Crippen molar-refractivity contribution >= 4 is 0 Å². The molecule has 0 aliphatic rings. The molecule has 0 heterocycles. The minimum atomic E-state index is 0.896. The van der Waals surface area contributed by atoms with Crippen LogP contribution < -0.4 is 0 Å². The van der Waals surface area contributed by atoms with Crippen LogP contribution in [0.4, 0.5) is 0 Å². The van der Waals surface area contributed by atoms with Crippen LogP contribution in [0.5, 0.6) is 0 Å². The quantitative estimate of drug-likeness (QED) is 0.422. The number of benzene rings is 1. The van der Waals surface area contributed by atoms with Gasteiger partial charge in [0.2, 0.25) is 0 Å². The molecule has 0 fully saturated rings. The normalized spacial score (nSPS) is 10.6. The molecule has 0 radical (unpaired) electrons. The van der Waals surface area contributed by atoms with E-state index in [9.17, 15) is 0 Å². The lowest BCUT2D eigenvalue weighted by Gasteiger charge is -2.33. The van der Waals surface area contributed by atoms with Gasteiger partial charge in [0.05, 0.1) is 19.6 Å². The molecule has 0 bridgehead atoms. The second-order valence-corrected chi connectivity index (χ2v) is 4.77. The first-order valence-corrected chi connectivity index (χ1v) is 6.67. The molecule has 1 heteroatoms. The van der Waals surface area contributed by atoms with E-state index >= 15 is 0 Å². The minimum Gasteiger partial charge on any atom is -0.311 e. The van der Waals surface area contributed by atoms with Crippen LogP contribution >= 0.6 is 0 Å². The Morgan fingerprint density at radius 3 is 2.28 bits per heavy atom. The second kappa shape index (κ2) is 7.03. The van der Waals surface area contributed by atoms with Crippen LogP contribution in [0.1, 0.15) is 25.0 Å². The number of nitrogens with zero attached hydrogens (tertiary/aromatic N) is 1. The Hall–Kier alpha value is -1.52. The first-order valence-electron chi connectivity index (χ1n) is 6.67. The van der Waals surface area contributed by atoms with Gasteiger partial charge in [0, 0.05) is 5.56 Å². The maximum absolute atomic E-state index is 3.85. The highest BCUT2D eigenvalue weighted by Crippen LogP contribution is 2.06. The Kier molecular flexibility index (Phi) is 5.68. The molecule has 1 aromatic rings. The topological polar surface area (TPSA) is 0 Å². The Bertz CT molecular complexity index is 427. The third-order valence-corrected chi connectivity index (χ3v) is 3.56. The summed E-state index contributed by atoms with van der Waals surface area (Å²) in [5.41, 5.74) is 2.38. The summed E-state index contributed by atoms with van der Waals surface area (Å²) in [6.45, 7) is 14.5. The number of quaternary nitrogens is 1. The SMILES string of the molecule is C=CC[N+](CC)(CC)CC#Cc1ccc(C)cc1.